The fourth-order valence-electron chi connectivity index (χ4n) is 15.9. The molecule has 0 amide bonds. The SMILES string of the molecule is Brc1ccc(-c2ccc(-c3ccc(N(c4ccccc4)c4ccc5c(c4)sc4ccccc45)cc3)cc2)cc1.c1ccc(N(c2ccc(-c3ccc(-c4ccc(N(c5ccccc5)c5ccc6c(c5)sc5ccccc56)cc4)cc3)cc2)c2ccc3c(c2)oc2ccccc23)cc1.c1ccc(Nc2ccc3c(c2)oc2ccccc23)cc1. The normalized spacial score (nSPS) is 11.3. The molecule has 18 aromatic carbocycles. The number of hydrogen-bond donors (Lipinski definition) is 1. The summed E-state index contributed by atoms with van der Waals surface area (Å²) in [6.45, 7) is 0. The van der Waals surface area contributed by atoms with E-state index >= 15 is 0 Å². The van der Waals surface area contributed by atoms with E-state index < -0.39 is 0 Å². The summed E-state index contributed by atoms with van der Waals surface area (Å²) in [6, 6.07) is 155. The second-order valence-corrected chi connectivity index (χ2v) is 32.0. The third-order valence-electron chi connectivity index (χ3n) is 21.7. The van der Waals surface area contributed by atoms with Crippen molar-refractivity contribution in [1.29, 1.82) is 0 Å². The van der Waals surface area contributed by atoms with Gasteiger partial charge in [0.15, 0.2) is 0 Å². The Morgan fingerprint density at radius 2 is 0.453 bits per heavy atom. The first kappa shape index (κ1) is 71.7. The Kier molecular flexibility index (Phi) is 19.6. The summed E-state index contributed by atoms with van der Waals surface area (Å²) < 4.78 is 18.5. The van der Waals surface area contributed by atoms with Gasteiger partial charge in [0.2, 0.25) is 0 Å². The molecule has 6 nitrogen and oxygen atoms in total. The van der Waals surface area contributed by atoms with Crippen molar-refractivity contribution in [2.24, 2.45) is 0 Å². The molecule has 9 heteroatoms. The van der Waals surface area contributed by atoms with Crippen molar-refractivity contribution in [2.75, 3.05) is 20.0 Å². The molecule has 22 aromatic rings. The number of hydrogen-bond acceptors (Lipinski definition) is 8. The average molecular weight is 1600 g/mol. The molecule has 0 unspecified atom stereocenters. The summed E-state index contributed by atoms with van der Waals surface area (Å²) >= 11 is 7.23. The van der Waals surface area contributed by atoms with Crippen molar-refractivity contribution in [3.05, 3.63) is 441 Å². The van der Waals surface area contributed by atoms with E-state index in [0.29, 0.717) is 0 Å². The molecule has 0 spiro atoms. The first-order valence-electron chi connectivity index (χ1n) is 39.2. The van der Waals surface area contributed by atoms with Crippen LogP contribution in [0, 0.1) is 0 Å². The Morgan fingerprint density at radius 3 is 0.846 bits per heavy atom. The minimum absolute atomic E-state index is 0.879. The number of thiophene rings is 2. The standard InChI is InChI=1S/C54H36N2OS.C36H24BrNS.C18H13NO/c1-3-11-41(12-4-1)55(45-31-33-48-47-15-7-9-17-51(47)57-52(48)35-45)43-27-23-39(24-28-43)37-19-21-38(22-20-37)40-25-29-44(30-26-40)56(42-13-5-2-6-14-42)46-32-34-50-49-16-8-10-18-53(49)58-54(50)36-46;37-29-18-14-27(15-19-29)25-10-12-26(13-11-25)28-16-20-31(21-17-28)38(30-6-2-1-3-7-30)32-22-23-34-33-8-4-5-9-35(33)39-36(34)24-32;1-2-6-13(7-3-1)19-14-10-11-16-15-8-4-5-9-17(15)20-18(16)12-14/h1-36H;1-24H;1-12,19H. The second-order valence-electron chi connectivity index (χ2n) is 29.0. The molecule has 0 saturated carbocycles. The Labute approximate surface area is 694 Å². The topological polar surface area (TPSA) is 48.0 Å². The van der Waals surface area contributed by atoms with E-state index in [2.05, 4.69) is 406 Å². The van der Waals surface area contributed by atoms with Crippen molar-refractivity contribution in [3.8, 4) is 44.5 Å². The summed E-state index contributed by atoms with van der Waals surface area (Å²) in [4.78, 5) is 6.96. The lowest BCUT2D eigenvalue weighted by molar-refractivity contribution is 0.668. The van der Waals surface area contributed by atoms with Crippen molar-refractivity contribution in [3.63, 3.8) is 0 Å². The molecule has 0 aliphatic rings. The van der Waals surface area contributed by atoms with Crippen molar-refractivity contribution < 1.29 is 8.83 Å². The average Bonchev–Trinajstić information content (AvgIpc) is 1.69. The number of benzene rings is 18. The summed E-state index contributed by atoms with van der Waals surface area (Å²) in [7, 11) is 0. The number of nitrogens with zero attached hydrogens (tertiary/aromatic N) is 3. The molecule has 0 saturated heterocycles. The van der Waals surface area contributed by atoms with Gasteiger partial charge in [-0.1, -0.05) is 271 Å². The van der Waals surface area contributed by atoms with Gasteiger partial charge in [0.25, 0.3) is 0 Å². The third-order valence-corrected chi connectivity index (χ3v) is 24.5. The van der Waals surface area contributed by atoms with Crippen LogP contribution < -0.4 is 20.0 Å². The van der Waals surface area contributed by atoms with E-state index in [4.69, 9.17) is 8.83 Å². The van der Waals surface area contributed by atoms with Crippen molar-refractivity contribution in [2.45, 2.75) is 0 Å². The van der Waals surface area contributed by atoms with Gasteiger partial charge in [-0.15, -0.1) is 22.7 Å². The van der Waals surface area contributed by atoms with Gasteiger partial charge in [-0.05, 0) is 214 Å². The first-order valence-corrected chi connectivity index (χ1v) is 41.6. The van der Waals surface area contributed by atoms with E-state index in [0.717, 1.165) is 111 Å². The molecular formula is C108H73BrN4O2S2. The Bertz CT molecular complexity index is 7040. The second kappa shape index (κ2) is 31.9. The van der Waals surface area contributed by atoms with E-state index in [1.54, 1.807) is 0 Å². The summed E-state index contributed by atoms with van der Waals surface area (Å²) in [5.41, 5.74) is 25.3. The molecule has 117 heavy (non-hydrogen) atoms. The highest BCUT2D eigenvalue weighted by molar-refractivity contribution is 9.10. The number of fused-ring (bicyclic) bond motifs is 12. The van der Waals surface area contributed by atoms with Crippen LogP contribution in [-0.4, -0.2) is 0 Å². The number of halogens is 1. The van der Waals surface area contributed by atoms with Gasteiger partial charge in [0.05, 0.1) is 0 Å². The quantitative estimate of drug-likeness (QED) is 0.110. The minimum Gasteiger partial charge on any atom is -0.456 e. The Morgan fingerprint density at radius 1 is 0.188 bits per heavy atom. The van der Waals surface area contributed by atoms with E-state index in [1.165, 1.54) is 84.9 Å². The third kappa shape index (κ3) is 14.8. The van der Waals surface area contributed by atoms with Crippen LogP contribution in [0.2, 0.25) is 0 Å². The highest BCUT2D eigenvalue weighted by atomic mass is 79.9. The molecule has 4 heterocycles. The summed E-state index contributed by atoms with van der Waals surface area (Å²) in [5, 5.41) is 13.2. The van der Waals surface area contributed by atoms with Crippen LogP contribution in [0.3, 0.4) is 0 Å². The van der Waals surface area contributed by atoms with Crippen LogP contribution in [-0.2, 0) is 0 Å². The lowest BCUT2D eigenvalue weighted by atomic mass is 9.99. The maximum atomic E-state index is 6.28. The predicted molar refractivity (Wildman–Crippen MR) is 503 cm³/mol. The van der Waals surface area contributed by atoms with Gasteiger partial charge >= 0.3 is 0 Å². The zero-order valence-electron chi connectivity index (χ0n) is 63.4. The largest absolute Gasteiger partial charge is 0.456 e. The lowest BCUT2D eigenvalue weighted by Gasteiger charge is -2.26. The molecule has 4 aromatic heterocycles. The van der Waals surface area contributed by atoms with Crippen molar-refractivity contribution in [1.82, 2.24) is 0 Å². The van der Waals surface area contributed by atoms with Crippen LogP contribution in [0.5, 0.6) is 0 Å². The molecule has 556 valence electrons. The van der Waals surface area contributed by atoms with Crippen LogP contribution in [0.25, 0.3) is 129 Å². The maximum absolute atomic E-state index is 6.28. The fraction of sp³-hybridized carbons (Fsp3) is 0. The highest BCUT2D eigenvalue weighted by Crippen LogP contribution is 2.46. The van der Waals surface area contributed by atoms with Gasteiger partial charge in [0, 0.05) is 141 Å². The number of nitrogens with one attached hydrogen (secondary N) is 1. The number of anilines is 11. The minimum atomic E-state index is 0.879. The maximum Gasteiger partial charge on any atom is 0.137 e. The molecule has 1 N–H and O–H groups in total. The summed E-state index contributed by atoms with van der Waals surface area (Å²) in [6.07, 6.45) is 0. The first-order chi connectivity index (χ1) is 57.9. The zero-order chi connectivity index (χ0) is 78.0. The van der Waals surface area contributed by atoms with Crippen LogP contribution >= 0.6 is 38.6 Å². The van der Waals surface area contributed by atoms with Gasteiger partial charge in [-0.25, -0.2) is 0 Å². The summed E-state index contributed by atoms with van der Waals surface area (Å²) in [5.74, 6) is 0. The number of rotatable bonds is 15. The van der Waals surface area contributed by atoms with Crippen LogP contribution in [0.1, 0.15) is 0 Å². The van der Waals surface area contributed by atoms with Crippen LogP contribution in [0.15, 0.2) is 450 Å². The van der Waals surface area contributed by atoms with Crippen molar-refractivity contribution >= 4 is 185 Å². The van der Waals surface area contributed by atoms with E-state index in [9.17, 15) is 0 Å². The molecule has 0 fully saturated rings. The van der Waals surface area contributed by atoms with Gasteiger partial charge < -0.3 is 28.9 Å². The smallest absolute Gasteiger partial charge is 0.137 e. The highest BCUT2D eigenvalue weighted by Gasteiger charge is 2.20. The van der Waals surface area contributed by atoms with E-state index in [1.807, 2.05) is 89.4 Å². The predicted octanol–water partition coefficient (Wildman–Crippen LogP) is 33.2. The molecule has 0 radical (unpaired) electrons. The van der Waals surface area contributed by atoms with E-state index in [-0.39, 0.29) is 0 Å². The lowest BCUT2D eigenvalue weighted by Crippen LogP contribution is -2.09. The molecule has 0 aliphatic carbocycles. The number of para-hydroxylation sites is 6. The Balaban J connectivity index is 0.000000127. The van der Waals surface area contributed by atoms with Gasteiger partial charge in [0.1, 0.15) is 22.3 Å². The Hall–Kier alpha value is -14.3. The molecule has 0 bridgehead atoms. The molecule has 0 atom stereocenters. The number of furan rings is 2. The fourth-order valence-corrected chi connectivity index (χ4v) is 18.4. The van der Waals surface area contributed by atoms with Crippen LogP contribution in [0.4, 0.5) is 62.6 Å². The molecule has 22 rings (SSSR count). The van der Waals surface area contributed by atoms with Gasteiger partial charge in [-0.3, -0.25) is 0 Å². The molecular weight excluding hydrogens is 1530 g/mol. The monoisotopic (exact) mass is 1600 g/mol. The molecule has 0 aliphatic heterocycles. The van der Waals surface area contributed by atoms with Gasteiger partial charge in [-0.2, -0.15) is 0 Å². The zero-order valence-corrected chi connectivity index (χ0v) is 66.6.